The Bertz CT molecular complexity index is 191. The maximum Gasteiger partial charge on any atom is 0.0348 e. The van der Waals surface area contributed by atoms with Crippen LogP contribution in [0.2, 0.25) is 0 Å². The second-order valence-corrected chi connectivity index (χ2v) is 5.71. The lowest BCUT2D eigenvalue weighted by Crippen LogP contribution is -2.60. The highest BCUT2D eigenvalue weighted by Gasteiger charge is 2.33. The van der Waals surface area contributed by atoms with Crippen molar-refractivity contribution in [2.24, 2.45) is 11.8 Å². The highest BCUT2D eigenvalue weighted by atomic mass is 15.3. The van der Waals surface area contributed by atoms with E-state index < -0.39 is 0 Å². The summed E-state index contributed by atoms with van der Waals surface area (Å²) in [6, 6.07) is 1.69. The van der Waals surface area contributed by atoms with Gasteiger partial charge >= 0.3 is 0 Å². The molecule has 15 heavy (non-hydrogen) atoms. The van der Waals surface area contributed by atoms with Crippen molar-refractivity contribution in [2.45, 2.75) is 52.1 Å². The summed E-state index contributed by atoms with van der Waals surface area (Å²) in [6.45, 7) is 10.8. The summed E-state index contributed by atoms with van der Waals surface area (Å²) in [7, 11) is 0. The topological polar surface area (TPSA) is 15.3 Å². The lowest BCUT2D eigenvalue weighted by molar-refractivity contribution is 0.0526. The maximum atomic E-state index is 3.40. The fourth-order valence-electron chi connectivity index (χ4n) is 3.50. The van der Waals surface area contributed by atoms with Crippen LogP contribution in [0.15, 0.2) is 0 Å². The van der Waals surface area contributed by atoms with Gasteiger partial charge in [0.1, 0.15) is 0 Å². The van der Waals surface area contributed by atoms with Gasteiger partial charge in [0.05, 0.1) is 0 Å². The van der Waals surface area contributed by atoms with Gasteiger partial charge in [0, 0.05) is 25.2 Å². The standard InChI is InChI=1S/C13H26N2/c1-4-15(13-8-14-9-13)12-6-10(2)5-11(3)7-12/h10-14H,4-9H2,1-3H3. The van der Waals surface area contributed by atoms with Crippen LogP contribution in [-0.4, -0.2) is 36.6 Å². The van der Waals surface area contributed by atoms with E-state index in [2.05, 4.69) is 31.0 Å². The van der Waals surface area contributed by atoms with Crippen molar-refractivity contribution in [3.63, 3.8) is 0 Å². The fraction of sp³-hybridized carbons (Fsp3) is 1.00. The number of likely N-dealkylation sites (N-methyl/N-ethyl adjacent to an activating group) is 1. The number of rotatable bonds is 3. The van der Waals surface area contributed by atoms with E-state index in [0.717, 1.165) is 23.9 Å². The molecule has 2 heteroatoms. The van der Waals surface area contributed by atoms with Crippen molar-refractivity contribution >= 4 is 0 Å². The molecule has 1 N–H and O–H groups in total. The first-order valence-electron chi connectivity index (χ1n) is 6.67. The van der Waals surface area contributed by atoms with E-state index >= 15 is 0 Å². The monoisotopic (exact) mass is 210 g/mol. The van der Waals surface area contributed by atoms with Gasteiger partial charge in [0.15, 0.2) is 0 Å². The molecule has 1 aliphatic carbocycles. The summed E-state index contributed by atoms with van der Waals surface area (Å²) in [5.74, 6) is 1.86. The summed E-state index contributed by atoms with van der Waals surface area (Å²) < 4.78 is 0. The van der Waals surface area contributed by atoms with Crippen LogP contribution in [0, 0.1) is 11.8 Å². The zero-order valence-corrected chi connectivity index (χ0v) is 10.5. The minimum atomic E-state index is 0.831. The number of hydrogen-bond donors (Lipinski definition) is 1. The highest BCUT2D eigenvalue weighted by molar-refractivity contribution is 4.90. The SMILES string of the molecule is CCN(C1CNC1)C1CC(C)CC(C)C1. The van der Waals surface area contributed by atoms with Gasteiger partial charge in [-0.25, -0.2) is 0 Å². The smallest absolute Gasteiger partial charge is 0.0348 e. The first kappa shape index (κ1) is 11.4. The molecule has 2 unspecified atom stereocenters. The van der Waals surface area contributed by atoms with Crippen molar-refractivity contribution < 1.29 is 0 Å². The molecule has 2 atom stereocenters. The van der Waals surface area contributed by atoms with E-state index in [9.17, 15) is 0 Å². The molecule has 0 aromatic rings. The van der Waals surface area contributed by atoms with Crippen molar-refractivity contribution in [1.29, 1.82) is 0 Å². The van der Waals surface area contributed by atoms with Crippen LogP contribution in [0.25, 0.3) is 0 Å². The normalized spacial score (nSPS) is 38.0. The second kappa shape index (κ2) is 4.84. The molecule has 0 bridgehead atoms. The molecule has 1 saturated carbocycles. The van der Waals surface area contributed by atoms with Crippen molar-refractivity contribution in [3.8, 4) is 0 Å². The van der Waals surface area contributed by atoms with E-state index in [1.165, 1.54) is 38.9 Å². The third-order valence-corrected chi connectivity index (χ3v) is 4.22. The molecule has 1 heterocycles. The minimum Gasteiger partial charge on any atom is -0.314 e. The van der Waals surface area contributed by atoms with Gasteiger partial charge in [-0.15, -0.1) is 0 Å². The van der Waals surface area contributed by atoms with Gasteiger partial charge in [-0.05, 0) is 37.6 Å². The molecule has 0 aromatic carbocycles. The Labute approximate surface area is 94.4 Å². The summed E-state index contributed by atoms with van der Waals surface area (Å²) in [5, 5.41) is 3.40. The molecular formula is C13H26N2. The fourth-order valence-corrected chi connectivity index (χ4v) is 3.50. The van der Waals surface area contributed by atoms with Crippen LogP contribution >= 0.6 is 0 Å². The van der Waals surface area contributed by atoms with Gasteiger partial charge in [0.2, 0.25) is 0 Å². The molecule has 2 nitrogen and oxygen atoms in total. The predicted molar refractivity (Wildman–Crippen MR) is 65.0 cm³/mol. The second-order valence-electron chi connectivity index (χ2n) is 5.71. The van der Waals surface area contributed by atoms with Crippen molar-refractivity contribution in [1.82, 2.24) is 10.2 Å². The lowest BCUT2D eigenvalue weighted by atomic mass is 9.79. The average Bonchev–Trinajstić information content (AvgIpc) is 2.08. The minimum absolute atomic E-state index is 0.831. The van der Waals surface area contributed by atoms with E-state index in [4.69, 9.17) is 0 Å². The lowest BCUT2D eigenvalue weighted by Gasteiger charge is -2.46. The Morgan fingerprint density at radius 1 is 1.00 bits per heavy atom. The van der Waals surface area contributed by atoms with Crippen molar-refractivity contribution in [3.05, 3.63) is 0 Å². The van der Waals surface area contributed by atoms with Gasteiger partial charge in [0.25, 0.3) is 0 Å². The van der Waals surface area contributed by atoms with Crippen LogP contribution in [-0.2, 0) is 0 Å². The van der Waals surface area contributed by atoms with Gasteiger partial charge in [-0.3, -0.25) is 4.90 Å². The first-order chi connectivity index (χ1) is 7.20. The quantitative estimate of drug-likeness (QED) is 0.767. The third-order valence-electron chi connectivity index (χ3n) is 4.22. The van der Waals surface area contributed by atoms with Crippen LogP contribution in [0.4, 0.5) is 0 Å². The van der Waals surface area contributed by atoms with Crippen LogP contribution in [0.5, 0.6) is 0 Å². The third kappa shape index (κ3) is 2.54. The number of nitrogens with zero attached hydrogens (tertiary/aromatic N) is 1. The zero-order valence-electron chi connectivity index (χ0n) is 10.5. The predicted octanol–water partition coefficient (Wildman–Crippen LogP) is 2.10. The van der Waals surface area contributed by atoms with Gasteiger partial charge in [-0.2, -0.15) is 0 Å². The molecule has 2 aliphatic rings. The Morgan fingerprint density at radius 2 is 1.60 bits per heavy atom. The molecular weight excluding hydrogens is 184 g/mol. The summed E-state index contributed by atoms with van der Waals surface area (Å²) in [4.78, 5) is 2.75. The molecule has 0 amide bonds. The molecule has 0 aromatic heterocycles. The Morgan fingerprint density at radius 3 is 2.00 bits per heavy atom. The highest BCUT2D eigenvalue weighted by Crippen LogP contribution is 2.32. The summed E-state index contributed by atoms with van der Waals surface area (Å²) in [5.41, 5.74) is 0. The van der Waals surface area contributed by atoms with E-state index in [-0.39, 0.29) is 0 Å². The molecule has 88 valence electrons. The molecule has 1 saturated heterocycles. The maximum absolute atomic E-state index is 3.40. The van der Waals surface area contributed by atoms with Crippen LogP contribution < -0.4 is 5.32 Å². The molecule has 1 aliphatic heterocycles. The van der Waals surface area contributed by atoms with E-state index in [0.29, 0.717) is 0 Å². The molecule has 2 fully saturated rings. The zero-order chi connectivity index (χ0) is 10.8. The Hall–Kier alpha value is -0.0800. The largest absolute Gasteiger partial charge is 0.314 e. The average molecular weight is 210 g/mol. The van der Waals surface area contributed by atoms with Crippen molar-refractivity contribution in [2.75, 3.05) is 19.6 Å². The van der Waals surface area contributed by atoms with E-state index in [1.807, 2.05) is 0 Å². The van der Waals surface area contributed by atoms with Crippen LogP contribution in [0.3, 0.4) is 0 Å². The van der Waals surface area contributed by atoms with Gasteiger partial charge < -0.3 is 5.32 Å². The molecule has 0 spiro atoms. The number of nitrogens with one attached hydrogen (secondary N) is 1. The molecule has 2 rings (SSSR count). The Balaban J connectivity index is 1.93. The van der Waals surface area contributed by atoms with E-state index in [1.54, 1.807) is 0 Å². The Kier molecular flexibility index (Phi) is 3.68. The summed E-state index contributed by atoms with van der Waals surface area (Å²) in [6.07, 6.45) is 4.29. The first-order valence-corrected chi connectivity index (χ1v) is 6.67. The van der Waals surface area contributed by atoms with Gasteiger partial charge in [-0.1, -0.05) is 20.8 Å². The number of hydrogen-bond acceptors (Lipinski definition) is 2. The summed E-state index contributed by atoms with van der Waals surface area (Å²) >= 11 is 0. The molecule has 0 radical (unpaired) electrons. The van der Waals surface area contributed by atoms with Crippen LogP contribution in [0.1, 0.15) is 40.0 Å².